The monoisotopic (exact) mass is 520 g/mol. The molecule has 0 aliphatic carbocycles. The van der Waals surface area contributed by atoms with Gasteiger partial charge < -0.3 is 23.8 Å². The van der Waals surface area contributed by atoms with Gasteiger partial charge in [0.25, 0.3) is 11.8 Å². The summed E-state index contributed by atoms with van der Waals surface area (Å²) in [6.45, 7) is 2.46. The quantitative estimate of drug-likeness (QED) is 0.353. The number of methoxy groups -OCH3 is 2. The lowest BCUT2D eigenvalue weighted by Crippen LogP contribution is -2.23. The van der Waals surface area contributed by atoms with Crippen LogP contribution in [-0.4, -0.2) is 67.5 Å². The van der Waals surface area contributed by atoms with E-state index in [0.717, 1.165) is 26.9 Å². The molecule has 1 aliphatic rings. The number of fused-ring (bicyclic) bond motifs is 1. The van der Waals surface area contributed by atoms with Crippen molar-refractivity contribution < 1.29 is 36.9 Å². The largest absolute Gasteiger partial charge is 0.491 e. The number of benzene rings is 1. The first-order valence-electron chi connectivity index (χ1n) is 11.5. The van der Waals surface area contributed by atoms with Crippen molar-refractivity contribution in [1.82, 2.24) is 14.8 Å². The van der Waals surface area contributed by atoms with Crippen molar-refractivity contribution in [2.45, 2.75) is 26.2 Å². The van der Waals surface area contributed by atoms with Gasteiger partial charge in [-0.3, -0.25) is 9.48 Å². The summed E-state index contributed by atoms with van der Waals surface area (Å²) in [6, 6.07) is 5.54. The molecular formula is C25H27F3N4O5. The molecular weight excluding hydrogens is 493 g/mol. The normalized spacial score (nSPS) is 13.2. The van der Waals surface area contributed by atoms with Crippen molar-refractivity contribution >= 4 is 11.6 Å². The molecule has 0 bridgehead atoms. The molecule has 1 aromatic carbocycles. The van der Waals surface area contributed by atoms with Crippen molar-refractivity contribution in [2.75, 3.05) is 45.5 Å². The maximum absolute atomic E-state index is 13.1. The van der Waals surface area contributed by atoms with Gasteiger partial charge in [-0.05, 0) is 35.7 Å². The van der Waals surface area contributed by atoms with Crippen LogP contribution in [0.15, 0.2) is 36.8 Å². The number of aryl methyl sites for hydroxylation is 1. The van der Waals surface area contributed by atoms with Gasteiger partial charge in [0.1, 0.15) is 13.2 Å². The maximum atomic E-state index is 13.1. The smallest absolute Gasteiger partial charge is 0.408 e. The van der Waals surface area contributed by atoms with Gasteiger partial charge in [-0.15, -0.1) is 0 Å². The molecule has 12 heteroatoms. The van der Waals surface area contributed by atoms with E-state index in [1.807, 2.05) is 19.1 Å². The fourth-order valence-electron chi connectivity index (χ4n) is 4.09. The zero-order chi connectivity index (χ0) is 26.6. The van der Waals surface area contributed by atoms with Gasteiger partial charge in [0.05, 0.1) is 45.4 Å². The number of rotatable bonds is 11. The molecule has 0 N–H and O–H groups in total. The third-order valence-corrected chi connectivity index (χ3v) is 5.75. The fraction of sp³-hybridized carbons (Fsp3) is 0.400. The first kappa shape index (κ1) is 26.4. The van der Waals surface area contributed by atoms with Gasteiger partial charge in [-0.25, -0.2) is 4.98 Å². The van der Waals surface area contributed by atoms with E-state index in [0.29, 0.717) is 49.3 Å². The summed E-state index contributed by atoms with van der Waals surface area (Å²) < 4.78 is 60.3. The molecule has 0 atom stereocenters. The van der Waals surface area contributed by atoms with E-state index in [1.165, 1.54) is 24.4 Å². The van der Waals surface area contributed by atoms with Gasteiger partial charge in [-0.2, -0.15) is 18.3 Å². The highest BCUT2D eigenvalue weighted by molar-refractivity contribution is 6.11. The lowest BCUT2D eigenvalue weighted by atomic mass is 9.97. The Bertz CT molecular complexity index is 1260. The van der Waals surface area contributed by atoms with Crippen LogP contribution in [0.25, 0.3) is 11.1 Å². The van der Waals surface area contributed by atoms with Crippen LogP contribution in [0.5, 0.6) is 11.6 Å². The van der Waals surface area contributed by atoms with E-state index in [1.54, 1.807) is 19.4 Å². The lowest BCUT2D eigenvalue weighted by molar-refractivity contribution is -0.142. The van der Waals surface area contributed by atoms with Crippen molar-refractivity contribution in [3.63, 3.8) is 0 Å². The zero-order valence-electron chi connectivity index (χ0n) is 20.7. The molecule has 37 heavy (non-hydrogen) atoms. The SMILES string of the molecule is COCCOCCOc1ncc(-c2cc(C)c3c(c2)CN(c2cnn(CC(F)(F)F)c2)C3=O)cc1OC. The van der Waals surface area contributed by atoms with Crippen LogP contribution in [-0.2, 0) is 22.6 Å². The minimum Gasteiger partial charge on any atom is -0.491 e. The van der Waals surface area contributed by atoms with Crippen LogP contribution in [0.3, 0.4) is 0 Å². The second-order valence-corrected chi connectivity index (χ2v) is 8.41. The molecule has 198 valence electrons. The molecule has 0 spiro atoms. The van der Waals surface area contributed by atoms with Gasteiger partial charge in [0, 0.05) is 30.6 Å². The number of anilines is 1. The number of aromatic nitrogens is 3. The Morgan fingerprint density at radius 1 is 1.03 bits per heavy atom. The molecule has 4 rings (SSSR count). The first-order chi connectivity index (χ1) is 17.7. The summed E-state index contributed by atoms with van der Waals surface area (Å²) in [6.07, 6.45) is -0.258. The van der Waals surface area contributed by atoms with Gasteiger partial charge in [0.2, 0.25) is 0 Å². The van der Waals surface area contributed by atoms with Crippen LogP contribution >= 0.6 is 0 Å². The number of alkyl halides is 3. The number of halogens is 3. The molecule has 0 fully saturated rings. The van der Waals surface area contributed by atoms with E-state index in [9.17, 15) is 18.0 Å². The van der Waals surface area contributed by atoms with Crippen LogP contribution < -0.4 is 14.4 Å². The third-order valence-electron chi connectivity index (χ3n) is 5.75. The number of nitrogens with zero attached hydrogens (tertiary/aromatic N) is 4. The summed E-state index contributed by atoms with van der Waals surface area (Å²) in [5.41, 5.74) is 3.92. The lowest BCUT2D eigenvalue weighted by Gasteiger charge is -2.12. The van der Waals surface area contributed by atoms with E-state index < -0.39 is 12.7 Å². The number of hydrogen-bond acceptors (Lipinski definition) is 7. The molecule has 0 radical (unpaired) electrons. The molecule has 2 aromatic heterocycles. The molecule has 3 heterocycles. The predicted octanol–water partition coefficient (Wildman–Crippen LogP) is 4.03. The van der Waals surface area contributed by atoms with Gasteiger partial charge in [0.15, 0.2) is 5.75 Å². The second kappa shape index (κ2) is 11.2. The van der Waals surface area contributed by atoms with Crippen molar-refractivity contribution in [3.8, 4) is 22.8 Å². The maximum Gasteiger partial charge on any atom is 0.408 e. The topological polar surface area (TPSA) is 87.9 Å². The summed E-state index contributed by atoms with van der Waals surface area (Å²) in [4.78, 5) is 18.9. The predicted molar refractivity (Wildman–Crippen MR) is 128 cm³/mol. The second-order valence-electron chi connectivity index (χ2n) is 8.41. The van der Waals surface area contributed by atoms with E-state index in [2.05, 4.69) is 10.1 Å². The minimum atomic E-state index is -4.40. The number of pyridine rings is 1. The standard InChI is InChI=1S/C25H27F3N4O5/c1-16-8-17(18-10-21(35-3)23(29-11-18)37-7-6-36-5-4-34-2)9-19-13-32(24(33)22(16)19)20-12-30-31(14-20)15-25(26,27)28/h8-12,14H,4-7,13,15H2,1-3H3. The summed E-state index contributed by atoms with van der Waals surface area (Å²) in [5, 5.41) is 3.75. The van der Waals surface area contributed by atoms with E-state index in [-0.39, 0.29) is 12.5 Å². The molecule has 0 saturated carbocycles. The van der Waals surface area contributed by atoms with Crippen LogP contribution in [0.4, 0.5) is 18.9 Å². The molecule has 9 nitrogen and oxygen atoms in total. The zero-order valence-corrected chi connectivity index (χ0v) is 20.7. The van der Waals surface area contributed by atoms with E-state index >= 15 is 0 Å². The average Bonchev–Trinajstić information content (AvgIpc) is 3.44. The molecule has 0 unspecified atom stereocenters. The molecule has 0 saturated heterocycles. The Kier molecular flexibility index (Phi) is 7.98. The first-order valence-corrected chi connectivity index (χ1v) is 11.5. The van der Waals surface area contributed by atoms with Crippen LogP contribution in [0.1, 0.15) is 21.5 Å². The number of carbonyl (C=O) groups excluding carboxylic acids is 1. The molecule has 1 aliphatic heterocycles. The highest BCUT2D eigenvalue weighted by Crippen LogP contribution is 2.36. The van der Waals surface area contributed by atoms with Crippen LogP contribution in [0.2, 0.25) is 0 Å². The van der Waals surface area contributed by atoms with Gasteiger partial charge >= 0.3 is 6.18 Å². The minimum absolute atomic E-state index is 0.218. The highest BCUT2D eigenvalue weighted by atomic mass is 19.4. The summed E-state index contributed by atoms with van der Waals surface area (Å²) in [7, 11) is 3.12. The van der Waals surface area contributed by atoms with E-state index in [4.69, 9.17) is 18.9 Å². The van der Waals surface area contributed by atoms with Gasteiger partial charge in [-0.1, -0.05) is 6.07 Å². The Morgan fingerprint density at radius 3 is 2.54 bits per heavy atom. The third kappa shape index (κ3) is 6.20. The Balaban J connectivity index is 1.50. The Labute approximate surface area is 211 Å². The number of hydrogen-bond donors (Lipinski definition) is 0. The number of ether oxygens (including phenoxy) is 4. The fourth-order valence-corrected chi connectivity index (χ4v) is 4.09. The Hall–Kier alpha value is -3.64. The number of carbonyl (C=O) groups is 1. The Morgan fingerprint density at radius 2 is 1.81 bits per heavy atom. The molecule has 3 aromatic rings. The van der Waals surface area contributed by atoms with Crippen molar-refractivity contribution in [1.29, 1.82) is 0 Å². The van der Waals surface area contributed by atoms with Crippen LogP contribution in [0, 0.1) is 6.92 Å². The summed E-state index contributed by atoms with van der Waals surface area (Å²) >= 11 is 0. The molecule has 1 amide bonds. The average molecular weight is 521 g/mol. The van der Waals surface area contributed by atoms with Crippen molar-refractivity contribution in [3.05, 3.63) is 53.5 Å². The number of amides is 1. The summed E-state index contributed by atoms with van der Waals surface area (Å²) in [5.74, 6) is 0.497. The van der Waals surface area contributed by atoms with Crippen molar-refractivity contribution in [2.24, 2.45) is 0 Å². The highest BCUT2D eigenvalue weighted by Gasteiger charge is 2.33.